The molecule has 2 aromatic rings. The van der Waals surface area contributed by atoms with Crippen LogP contribution in [0, 0.1) is 5.92 Å². The molecule has 1 amide bonds. The van der Waals surface area contributed by atoms with E-state index in [9.17, 15) is 9.59 Å². The maximum absolute atomic E-state index is 12.7. The van der Waals surface area contributed by atoms with Gasteiger partial charge in [-0.2, -0.15) is 5.10 Å². The van der Waals surface area contributed by atoms with E-state index in [0.717, 1.165) is 38.0 Å². The zero-order valence-electron chi connectivity index (χ0n) is 17.9. The van der Waals surface area contributed by atoms with Crippen LogP contribution in [0.4, 0.5) is 5.69 Å². The van der Waals surface area contributed by atoms with Gasteiger partial charge in [0.1, 0.15) is 0 Å². The summed E-state index contributed by atoms with van der Waals surface area (Å²) in [6.45, 7) is 3.25. The third kappa shape index (κ3) is 6.13. The summed E-state index contributed by atoms with van der Waals surface area (Å²) < 4.78 is 6.42. The molecule has 0 aliphatic carbocycles. The van der Waals surface area contributed by atoms with Crippen molar-refractivity contribution in [3.05, 3.63) is 52.7 Å². The number of rotatable bonds is 9. The number of hydrogen-bond donors (Lipinski definition) is 0. The third-order valence-corrected chi connectivity index (χ3v) is 5.62. The maximum atomic E-state index is 12.7. The van der Waals surface area contributed by atoms with E-state index in [0.29, 0.717) is 26.1 Å². The fourth-order valence-electron chi connectivity index (χ4n) is 3.78. The van der Waals surface area contributed by atoms with E-state index in [-0.39, 0.29) is 17.4 Å². The van der Waals surface area contributed by atoms with Crippen molar-refractivity contribution in [2.75, 3.05) is 45.3 Å². The first kappa shape index (κ1) is 22.0. The molecule has 8 nitrogen and oxygen atoms in total. The zero-order chi connectivity index (χ0) is 21.3. The van der Waals surface area contributed by atoms with Crippen LogP contribution < -0.4 is 10.5 Å². The molecule has 3 heterocycles. The van der Waals surface area contributed by atoms with Crippen LogP contribution in [0.25, 0.3) is 0 Å². The highest BCUT2D eigenvalue weighted by atomic mass is 16.5. The van der Waals surface area contributed by atoms with Crippen LogP contribution in [0.1, 0.15) is 24.8 Å². The van der Waals surface area contributed by atoms with Crippen molar-refractivity contribution in [2.24, 2.45) is 5.92 Å². The van der Waals surface area contributed by atoms with Gasteiger partial charge >= 0.3 is 0 Å². The maximum Gasteiger partial charge on any atom is 0.268 e. The fourth-order valence-corrected chi connectivity index (χ4v) is 3.78. The number of ether oxygens (including phenoxy) is 1. The minimum absolute atomic E-state index is 0.126. The highest BCUT2D eigenvalue weighted by molar-refractivity contribution is 5.76. The molecule has 2 aromatic heterocycles. The molecule has 1 fully saturated rings. The molecule has 3 rings (SSSR count). The van der Waals surface area contributed by atoms with Crippen LogP contribution in [-0.2, 0) is 22.5 Å². The van der Waals surface area contributed by atoms with E-state index in [1.165, 1.54) is 10.2 Å². The van der Waals surface area contributed by atoms with E-state index in [4.69, 9.17) is 4.74 Å². The number of carbonyl (C=O) groups excluding carboxylic acids is 1. The summed E-state index contributed by atoms with van der Waals surface area (Å²) in [7, 11) is 3.47. The number of methoxy groups -OCH3 is 1. The zero-order valence-corrected chi connectivity index (χ0v) is 17.9. The smallest absolute Gasteiger partial charge is 0.268 e. The molecule has 0 aromatic carbocycles. The number of hydrogen-bond acceptors (Lipinski definition) is 6. The molecule has 0 radical (unpaired) electrons. The molecule has 1 unspecified atom stereocenters. The van der Waals surface area contributed by atoms with E-state index in [1.807, 2.05) is 24.1 Å². The number of aromatic nitrogens is 3. The number of anilines is 1. The largest absolute Gasteiger partial charge is 0.383 e. The molecule has 1 aliphatic rings. The summed E-state index contributed by atoms with van der Waals surface area (Å²) in [5, 5.41) is 4.26. The van der Waals surface area contributed by atoms with Gasteiger partial charge in [0.15, 0.2) is 0 Å². The molecule has 1 aliphatic heterocycles. The van der Waals surface area contributed by atoms with Crippen molar-refractivity contribution < 1.29 is 9.53 Å². The SMILES string of the molecule is COCCn1ncc(N2CCCC(CC(=O)N(C)CCc3ccncc3)C2)cc1=O. The predicted octanol–water partition coefficient (Wildman–Crippen LogP) is 1.59. The lowest BCUT2D eigenvalue weighted by molar-refractivity contribution is -0.130. The van der Waals surface area contributed by atoms with Crippen molar-refractivity contribution >= 4 is 11.6 Å². The van der Waals surface area contributed by atoms with E-state index >= 15 is 0 Å². The van der Waals surface area contributed by atoms with Gasteiger partial charge in [0.2, 0.25) is 5.91 Å². The predicted molar refractivity (Wildman–Crippen MR) is 116 cm³/mol. The molecule has 0 spiro atoms. The first-order valence-corrected chi connectivity index (χ1v) is 10.5. The van der Waals surface area contributed by atoms with Crippen LogP contribution in [0.2, 0.25) is 0 Å². The van der Waals surface area contributed by atoms with Crippen molar-refractivity contribution in [3.8, 4) is 0 Å². The average Bonchev–Trinajstić information content (AvgIpc) is 2.77. The topological polar surface area (TPSA) is 80.6 Å². The Morgan fingerprint density at radius 2 is 2.13 bits per heavy atom. The van der Waals surface area contributed by atoms with Gasteiger partial charge in [0.05, 0.1) is 25.0 Å². The van der Waals surface area contributed by atoms with Gasteiger partial charge in [-0.05, 0) is 42.9 Å². The molecule has 162 valence electrons. The van der Waals surface area contributed by atoms with Gasteiger partial charge in [0, 0.05) is 58.7 Å². The van der Waals surface area contributed by atoms with E-state index in [2.05, 4.69) is 15.0 Å². The van der Waals surface area contributed by atoms with Crippen molar-refractivity contribution in [2.45, 2.75) is 32.2 Å². The molecule has 0 bridgehead atoms. The van der Waals surface area contributed by atoms with Crippen molar-refractivity contribution in [1.29, 1.82) is 0 Å². The highest BCUT2D eigenvalue weighted by Gasteiger charge is 2.24. The van der Waals surface area contributed by atoms with Crippen LogP contribution >= 0.6 is 0 Å². The van der Waals surface area contributed by atoms with Crippen LogP contribution in [-0.4, -0.2) is 66.0 Å². The van der Waals surface area contributed by atoms with Crippen molar-refractivity contribution in [1.82, 2.24) is 19.7 Å². The molecular weight excluding hydrogens is 382 g/mol. The molecule has 1 atom stereocenters. The van der Waals surface area contributed by atoms with Crippen LogP contribution in [0.3, 0.4) is 0 Å². The van der Waals surface area contributed by atoms with Gasteiger partial charge < -0.3 is 14.5 Å². The summed E-state index contributed by atoms with van der Waals surface area (Å²) >= 11 is 0. The molecule has 0 N–H and O–H groups in total. The molecule has 8 heteroatoms. The Hall–Kier alpha value is -2.74. The van der Waals surface area contributed by atoms with Gasteiger partial charge in [0.25, 0.3) is 5.56 Å². The Morgan fingerprint density at radius 3 is 2.87 bits per heavy atom. The lowest BCUT2D eigenvalue weighted by atomic mass is 9.94. The first-order chi connectivity index (χ1) is 14.6. The molecular formula is C22H31N5O3. The Balaban J connectivity index is 1.52. The van der Waals surface area contributed by atoms with Gasteiger partial charge in [-0.1, -0.05) is 0 Å². The second-order valence-electron chi connectivity index (χ2n) is 7.85. The summed E-state index contributed by atoms with van der Waals surface area (Å²) in [5.74, 6) is 0.453. The van der Waals surface area contributed by atoms with Crippen molar-refractivity contribution in [3.63, 3.8) is 0 Å². The molecule has 1 saturated heterocycles. The van der Waals surface area contributed by atoms with Gasteiger partial charge in [-0.3, -0.25) is 14.6 Å². The molecule has 30 heavy (non-hydrogen) atoms. The standard InChI is InChI=1S/C22H31N5O3/c1-25(11-7-18-5-8-23-9-6-18)21(28)14-19-4-3-10-26(17-19)20-15-22(29)27(24-16-20)12-13-30-2/h5-6,8-9,15-16,19H,3-4,7,10-14,17H2,1-2H3. The number of pyridine rings is 1. The minimum atomic E-state index is -0.126. The Kier molecular flexibility index (Phi) is 7.96. The quantitative estimate of drug-likeness (QED) is 0.621. The van der Waals surface area contributed by atoms with E-state index in [1.54, 1.807) is 31.8 Å². The number of nitrogens with zero attached hydrogens (tertiary/aromatic N) is 5. The lowest BCUT2D eigenvalue weighted by Gasteiger charge is -2.34. The second kappa shape index (κ2) is 10.9. The average molecular weight is 414 g/mol. The summed E-state index contributed by atoms with van der Waals surface area (Å²) in [4.78, 5) is 33.0. The highest BCUT2D eigenvalue weighted by Crippen LogP contribution is 2.24. The Labute approximate surface area is 177 Å². The van der Waals surface area contributed by atoms with Gasteiger partial charge in [-0.15, -0.1) is 0 Å². The summed E-state index contributed by atoms with van der Waals surface area (Å²) in [6.07, 6.45) is 8.68. The first-order valence-electron chi connectivity index (χ1n) is 10.5. The number of piperidine rings is 1. The number of amides is 1. The van der Waals surface area contributed by atoms with Crippen LogP contribution in [0.15, 0.2) is 41.6 Å². The monoisotopic (exact) mass is 413 g/mol. The normalized spacial score (nSPS) is 16.5. The lowest BCUT2D eigenvalue weighted by Crippen LogP contribution is -2.39. The van der Waals surface area contributed by atoms with Crippen LogP contribution in [0.5, 0.6) is 0 Å². The molecule has 0 saturated carbocycles. The second-order valence-corrected chi connectivity index (χ2v) is 7.85. The summed E-state index contributed by atoms with van der Waals surface area (Å²) in [5.41, 5.74) is 1.89. The fraction of sp³-hybridized carbons (Fsp3) is 0.545. The number of carbonyl (C=O) groups is 1. The van der Waals surface area contributed by atoms with E-state index < -0.39 is 0 Å². The number of likely N-dealkylation sites (N-methyl/N-ethyl adjacent to an activating group) is 1. The van der Waals surface area contributed by atoms with Gasteiger partial charge in [-0.25, -0.2) is 4.68 Å². The summed E-state index contributed by atoms with van der Waals surface area (Å²) in [6, 6.07) is 5.59. The minimum Gasteiger partial charge on any atom is -0.383 e. The Bertz CT molecular complexity index is 871. The third-order valence-electron chi connectivity index (χ3n) is 5.62. The Morgan fingerprint density at radius 1 is 1.33 bits per heavy atom.